The van der Waals surface area contributed by atoms with Crippen molar-refractivity contribution in [3.05, 3.63) is 91.0 Å². The third kappa shape index (κ3) is 4.60. The number of imide groups is 1. The van der Waals surface area contributed by atoms with Crippen LogP contribution in [0.5, 0.6) is 0 Å². The number of likely N-dealkylation sites (tertiary alicyclic amines) is 1. The molecule has 1 aromatic heterocycles. The van der Waals surface area contributed by atoms with Gasteiger partial charge in [-0.15, -0.1) is 13.2 Å². The highest BCUT2D eigenvalue weighted by molar-refractivity contribution is 6.10. The molecule has 3 amide bonds. The van der Waals surface area contributed by atoms with Crippen molar-refractivity contribution in [2.45, 2.75) is 24.8 Å². The monoisotopic (exact) mass is 421 g/mol. The van der Waals surface area contributed by atoms with E-state index < -0.39 is 23.0 Å². The van der Waals surface area contributed by atoms with E-state index in [-0.39, 0.29) is 38.4 Å². The summed E-state index contributed by atoms with van der Waals surface area (Å²) in [4.78, 5) is 46.2. The van der Waals surface area contributed by atoms with Crippen molar-refractivity contribution in [1.82, 2.24) is 14.8 Å². The quantitative estimate of drug-likeness (QED) is 0.461. The third-order valence-corrected chi connectivity index (χ3v) is 5.35. The SMILES string of the molecule is C=CCN(CC=C)C(=O)C[C@@]1(c2cccc(F)c2)CC(=O)N(Cc2cccnc2)C1=O. The lowest BCUT2D eigenvalue weighted by Gasteiger charge is -2.30. The van der Waals surface area contributed by atoms with Crippen LogP contribution in [0.3, 0.4) is 0 Å². The Labute approximate surface area is 180 Å². The molecule has 1 aromatic carbocycles. The number of hydrogen-bond donors (Lipinski definition) is 0. The second-order valence-electron chi connectivity index (χ2n) is 7.47. The number of rotatable bonds is 9. The summed E-state index contributed by atoms with van der Waals surface area (Å²) < 4.78 is 14.1. The van der Waals surface area contributed by atoms with E-state index >= 15 is 0 Å². The van der Waals surface area contributed by atoms with Crippen LogP contribution in [0.4, 0.5) is 4.39 Å². The van der Waals surface area contributed by atoms with Crippen molar-refractivity contribution >= 4 is 17.7 Å². The lowest BCUT2D eigenvalue weighted by atomic mass is 9.75. The number of amides is 3. The summed E-state index contributed by atoms with van der Waals surface area (Å²) in [6.45, 7) is 7.89. The Morgan fingerprint density at radius 1 is 1.19 bits per heavy atom. The van der Waals surface area contributed by atoms with Crippen LogP contribution in [-0.2, 0) is 26.3 Å². The first kappa shape index (κ1) is 22.1. The zero-order chi connectivity index (χ0) is 22.4. The van der Waals surface area contributed by atoms with E-state index in [1.54, 1.807) is 42.7 Å². The first-order valence-electron chi connectivity index (χ1n) is 9.90. The van der Waals surface area contributed by atoms with Gasteiger partial charge in [0.25, 0.3) is 0 Å². The maximum Gasteiger partial charge on any atom is 0.241 e. The number of carbonyl (C=O) groups excluding carboxylic acids is 3. The van der Waals surface area contributed by atoms with Gasteiger partial charge in [0.05, 0.1) is 12.0 Å². The fourth-order valence-electron chi connectivity index (χ4n) is 3.85. The summed E-state index contributed by atoms with van der Waals surface area (Å²) in [6, 6.07) is 9.01. The van der Waals surface area contributed by atoms with Gasteiger partial charge in [0.1, 0.15) is 5.82 Å². The van der Waals surface area contributed by atoms with Crippen LogP contribution in [0, 0.1) is 5.82 Å². The molecule has 0 N–H and O–H groups in total. The Morgan fingerprint density at radius 3 is 2.55 bits per heavy atom. The summed E-state index contributed by atoms with van der Waals surface area (Å²) >= 11 is 0. The summed E-state index contributed by atoms with van der Waals surface area (Å²) in [7, 11) is 0. The van der Waals surface area contributed by atoms with Crippen LogP contribution in [0.2, 0.25) is 0 Å². The number of halogens is 1. The zero-order valence-corrected chi connectivity index (χ0v) is 17.2. The second-order valence-corrected chi connectivity index (χ2v) is 7.47. The number of aromatic nitrogens is 1. The summed E-state index contributed by atoms with van der Waals surface area (Å²) in [5.41, 5.74) is -0.477. The van der Waals surface area contributed by atoms with Gasteiger partial charge in [0.15, 0.2) is 0 Å². The average Bonchev–Trinajstić information content (AvgIpc) is 2.99. The van der Waals surface area contributed by atoms with Crippen molar-refractivity contribution in [3.8, 4) is 0 Å². The summed E-state index contributed by atoms with van der Waals surface area (Å²) in [5.74, 6) is -1.81. The first-order valence-corrected chi connectivity index (χ1v) is 9.90. The minimum atomic E-state index is -1.47. The smallest absolute Gasteiger partial charge is 0.241 e. The maximum atomic E-state index is 14.1. The van der Waals surface area contributed by atoms with Gasteiger partial charge >= 0.3 is 0 Å². The van der Waals surface area contributed by atoms with E-state index in [0.29, 0.717) is 11.1 Å². The first-order chi connectivity index (χ1) is 14.9. The number of hydrogen-bond acceptors (Lipinski definition) is 4. The topological polar surface area (TPSA) is 70.6 Å². The molecule has 3 rings (SSSR count). The molecule has 1 saturated heterocycles. The molecule has 0 aliphatic carbocycles. The number of benzene rings is 1. The van der Waals surface area contributed by atoms with Crippen molar-refractivity contribution in [2.75, 3.05) is 13.1 Å². The molecule has 0 unspecified atom stereocenters. The van der Waals surface area contributed by atoms with Crippen LogP contribution in [0.25, 0.3) is 0 Å². The minimum absolute atomic E-state index is 0.0415. The fourth-order valence-corrected chi connectivity index (χ4v) is 3.85. The van der Waals surface area contributed by atoms with Crippen LogP contribution in [0.15, 0.2) is 74.1 Å². The van der Waals surface area contributed by atoms with E-state index in [0.717, 1.165) is 4.90 Å². The normalized spacial score (nSPS) is 18.2. The molecule has 1 fully saturated rings. The maximum absolute atomic E-state index is 14.1. The molecule has 0 radical (unpaired) electrons. The van der Waals surface area contributed by atoms with Crippen molar-refractivity contribution in [3.63, 3.8) is 0 Å². The standard InChI is InChI=1S/C24H24FN3O3/c1-3-11-27(12-4-2)21(29)14-24(19-8-5-9-20(25)13-19)15-22(30)28(23(24)31)17-18-7-6-10-26-16-18/h3-10,13,16H,1-2,11-12,14-15,17H2/t24-/m0/s1. The highest BCUT2D eigenvalue weighted by atomic mass is 19.1. The molecule has 0 spiro atoms. The predicted molar refractivity (Wildman–Crippen MR) is 114 cm³/mol. The number of nitrogens with zero attached hydrogens (tertiary/aromatic N) is 3. The third-order valence-electron chi connectivity index (χ3n) is 5.35. The second kappa shape index (κ2) is 9.47. The Balaban J connectivity index is 2.00. The fraction of sp³-hybridized carbons (Fsp3) is 0.250. The molecule has 6 nitrogen and oxygen atoms in total. The lowest BCUT2D eigenvalue weighted by molar-refractivity contribution is -0.143. The molecule has 7 heteroatoms. The predicted octanol–water partition coefficient (Wildman–Crippen LogP) is 3.01. The van der Waals surface area contributed by atoms with Crippen molar-refractivity contribution in [1.29, 1.82) is 0 Å². The largest absolute Gasteiger partial charge is 0.335 e. The highest BCUT2D eigenvalue weighted by Gasteiger charge is 2.54. The van der Waals surface area contributed by atoms with E-state index in [1.807, 2.05) is 0 Å². The van der Waals surface area contributed by atoms with Crippen molar-refractivity contribution < 1.29 is 18.8 Å². The molecule has 1 aliphatic rings. The van der Waals surface area contributed by atoms with E-state index in [4.69, 9.17) is 0 Å². The number of pyridine rings is 1. The Bertz CT molecular complexity index is 998. The Kier molecular flexibility index (Phi) is 6.74. The van der Waals surface area contributed by atoms with Crippen LogP contribution in [0.1, 0.15) is 24.0 Å². The Morgan fingerprint density at radius 2 is 1.94 bits per heavy atom. The van der Waals surface area contributed by atoms with Gasteiger partial charge < -0.3 is 4.90 Å². The molecule has 160 valence electrons. The van der Waals surface area contributed by atoms with Gasteiger partial charge in [-0.05, 0) is 29.3 Å². The van der Waals surface area contributed by atoms with Crippen LogP contribution >= 0.6 is 0 Å². The average molecular weight is 421 g/mol. The summed E-state index contributed by atoms with van der Waals surface area (Å²) in [6.07, 6.45) is 5.85. The van der Waals surface area contributed by atoms with Gasteiger partial charge in [-0.3, -0.25) is 24.3 Å². The molecule has 31 heavy (non-hydrogen) atoms. The zero-order valence-electron chi connectivity index (χ0n) is 17.2. The Hall–Kier alpha value is -3.61. The van der Waals surface area contributed by atoms with Gasteiger partial charge in [0.2, 0.25) is 17.7 Å². The minimum Gasteiger partial charge on any atom is -0.335 e. The van der Waals surface area contributed by atoms with Gasteiger partial charge in [-0.2, -0.15) is 0 Å². The van der Waals surface area contributed by atoms with E-state index in [9.17, 15) is 18.8 Å². The molecular weight excluding hydrogens is 397 g/mol. The highest BCUT2D eigenvalue weighted by Crippen LogP contribution is 2.41. The number of carbonyl (C=O) groups is 3. The van der Waals surface area contributed by atoms with E-state index in [1.165, 1.54) is 23.1 Å². The van der Waals surface area contributed by atoms with Crippen molar-refractivity contribution in [2.24, 2.45) is 0 Å². The molecule has 2 heterocycles. The molecular formula is C24H24FN3O3. The van der Waals surface area contributed by atoms with Gasteiger partial charge in [0, 0.05) is 38.3 Å². The van der Waals surface area contributed by atoms with Gasteiger partial charge in [-0.1, -0.05) is 30.4 Å². The summed E-state index contributed by atoms with van der Waals surface area (Å²) in [5, 5.41) is 0. The molecule has 1 aliphatic heterocycles. The van der Waals surface area contributed by atoms with Crippen LogP contribution in [-0.4, -0.2) is 45.6 Å². The molecule has 2 aromatic rings. The van der Waals surface area contributed by atoms with E-state index in [2.05, 4.69) is 18.1 Å². The van der Waals surface area contributed by atoms with Gasteiger partial charge in [-0.25, -0.2) is 4.39 Å². The molecule has 1 atom stereocenters. The van der Waals surface area contributed by atoms with Crippen LogP contribution < -0.4 is 0 Å². The lowest BCUT2D eigenvalue weighted by Crippen LogP contribution is -2.43. The molecule has 0 bridgehead atoms. The molecule has 0 saturated carbocycles.